The Morgan fingerprint density at radius 2 is 1.03 bits per heavy atom. The summed E-state index contributed by atoms with van der Waals surface area (Å²) >= 11 is 5.42. The van der Waals surface area contributed by atoms with Crippen molar-refractivity contribution in [3.8, 4) is 0 Å². The number of nitrogens with zero attached hydrogens (tertiary/aromatic N) is 9. The van der Waals surface area contributed by atoms with Gasteiger partial charge >= 0.3 is 37.6 Å². The average Bonchev–Trinajstić information content (AvgIpc) is 1.62. The van der Waals surface area contributed by atoms with Gasteiger partial charge in [-0.05, 0) is 233 Å². The summed E-state index contributed by atoms with van der Waals surface area (Å²) < 4.78 is 148. The molecule has 6 aromatic heterocycles. The fourth-order valence-corrected chi connectivity index (χ4v) is 17.4. The van der Waals surface area contributed by atoms with Crippen molar-refractivity contribution in [1.29, 1.82) is 0 Å². The summed E-state index contributed by atoms with van der Waals surface area (Å²) in [6, 6.07) is 22.8. The Balaban J connectivity index is 0.000000178. The van der Waals surface area contributed by atoms with Crippen LogP contribution < -0.4 is 5.32 Å². The lowest BCUT2D eigenvalue weighted by Crippen LogP contribution is -2.41. The molecule has 13 rings (SSSR count). The topological polar surface area (TPSA) is 293 Å². The minimum atomic E-state index is -4.42. The zero-order valence-corrected chi connectivity index (χ0v) is 71.2. The zero-order chi connectivity index (χ0) is 84.5. The molecule has 35 heteroatoms. The molecule has 0 atom stereocenters. The number of rotatable bonds is 12. The number of carbonyl (C=O) groups excluding carboxylic acids is 3. The van der Waals surface area contributed by atoms with Crippen molar-refractivity contribution in [3.63, 3.8) is 0 Å². The summed E-state index contributed by atoms with van der Waals surface area (Å²) in [7, 11) is -7.52. The highest BCUT2D eigenvalue weighted by Gasteiger charge is 2.52. The molecule has 3 amide bonds. The quantitative estimate of drug-likeness (QED) is 0.0652. The van der Waals surface area contributed by atoms with Crippen LogP contribution in [0.3, 0.4) is 0 Å². The number of ether oxygens (including phenoxy) is 2. The Morgan fingerprint density at radius 3 is 1.45 bits per heavy atom. The van der Waals surface area contributed by atoms with Gasteiger partial charge in [-0.2, -0.15) is 26.3 Å². The molecule has 115 heavy (non-hydrogen) atoms. The lowest BCUT2D eigenvalue weighted by atomic mass is 9.75. The number of pyridine rings is 4. The number of benzene rings is 2. The van der Waals surface area contributed by atoms with Crippen LogP contribution in [-0.2, 0) is 60.4 Å². The van der Waals surface area contributed by atoms with E-state index in [1.807, 2.05) is 101 Å². The minimum Gasteiger partial charge on any atom is -0.481 e. The molecular formula is C80H98BBrF6N10O13S4. The molecule has 11 heterocycles. The Labute approximate surface area is 684 Å². The number of likely N-dealkylation sites (tertiary alicyclic amines) is 1. The molecule has 0 bridgehead atoms. The first kappa shape index (κ1) is 92.2. The van der Waals surface area contributed by atoms with E-state index in [4.69, 9.17) is 23.9 Å². The molecule has 8 aromatic rings. The van der Waals surface area contributed by atoms with Crippen molar-refractivity contribution in [1.82, 2.24) is 49.9 Å². The van der Waals surface area contributed by atoms with Crippen LogP contribution in [0, 0.1) is 13.8 Å². The summed E-state index contributed by atoms with van der Waals surface area (Å²) in [6.07, 6.45) is 4.95. The number of fused-ring (bicyclic) bond motifs is 2. The first-order valence-electron chi connectivity index (χ1n) is 37.3. The van der Waals surface area contributed by atoms with Gasteiger partial charge < -0.3 is 43.9 Å². The Kier molecular flexibility index (Phi) is 31.9. The molecule has 0 aliphatic carbocycles. The van der Waals surface area contributed by atoms with Gasteiger partial charge in [-0.15, -0.1) is 22.7 Å². The predicted molar refractivity (Wildman–Crippen MR) is 435 cm³/mol. The Morgan fingerprint density at radius 1 is 0.574 bits per heavy atom. The number of carbonyl (C=O) groups is 4. The van der Waals surface area contributed by atoms with Gasteiger partial charge in [0.05, 0.1) is 87.2 Å². The number of hydrogen-bond acceptors (Lipinski definition) is 21. The van der Waals surface area contributed by atoms with Crippen LogP contribution in [0.25, 0.3) is 26.0 Å². The van der Waals surface area contributed by atoms with Gasteiger partial charge in [-0.3, -0.25) is 24.5 Å². The maximum atomic E-state index is 12.8. The highest BCUT2D eigenvalue weighted by atomic mass is 79.9. The second kappa shape index (κ2) is 39.8. The number of amides is 3. The number of piperidine rings is 2. The maximum absolute atomic E-state index is 12.8. The summed E-state index contributed by atoms with van der Waals surface area (Å²) in [5.41, 5.74) is 8.84. The standard InChI is InChI=1S/C21H20F3N3O3S2.C16H28BNO4.C16H22N2O2.C11H16N2.C10H9NO4S2.C6H3BrF3N/c22-21(23,24)15-4-5-16(25-12-15)14-6-9-27(10-7-14)19(28)8-11-32(29,30)18-3-1-2-17-20(18)31-13-26-17;1-14(2,3)20-13(19)18-10-8-12(9-11-18)17-21-15(4,5)16(6,7)22-17;1-12-5-6-14(17-11-12)13-7-9-18(10-8-13)15(19)20-16(2,3)4;1-9-2-3-11(13-8-9)10-4-6-12-7-5-10;12-9(13)4-5-17(14,15)8-3-1-2-7-10(8)16-6-11-7;7-5-2-1-4(3-11-5)6(8,9)10/h1-5,12-14H,6-11H2;8H,9-11H2,1-7H3;5-7,11H,8-10H2,1-4H3;2-3,8,10,12H,4-7H2,1H3;1-3,6H,4-5H2,(H,12,13);1-3H. The number of carboxylic acids is 1. The number of hydrogen-bond donors (Lipinski definition) is 2. The van der Waals surface area contributed by atoms with E-state index in [1.165, 1.54) is 76.6 Å². The van der Waals surface area contributed by atoms with Gasteiger partial charge in [0.2, 0.25) is 5.91 Å². The summed E-state index contributed by atoms with van der Waals surface area (Å²) in [5, 5.41) is 11.9. The third kappa shape index (κ3) is 27.7. The zero-order valence-electron chi connectivity index (χ0n) is 66.3. The predicted octanol–water partition coefficient (Wildman–Crippen LogP) is 17.1. The molecular weight excluding hydrogens is 1640 g/mol. The Bertz CT molecular complexity index is 4880. The van der Waals surface area contributed by atoms with Gasteiger partial charge in [0, 0.05) is 93.7 Å². The SMILES string of the molecule is CC(C)(C)OC(=O)N1CC=C(B2OC(C)(C)C(C)(C)O2)CC1.Cc1ccc(C2=CCN(C(=O)OC(C)(C)C)CC2)nc1.Cc1ccc(C2CCNCC2)nc1.FC(F)(F)c1ccc(Br)nc1.O=C(CCS(=O)(=O)c1cccc2ncsc12)N1CCC(c2ccc(C(F)(F)F)cn2)CC1.O=C(O)CCS(=O)(=O)c1cccc2ncsc12. The van der Waals surface area contributed by atoms with Crippen LogP contribution in [0.15, 0.2) is 153 Å². The average molecular weight is 1740 g/mol. The molecule has 23 nitrogen and oxygen atoms in total. The number of aliphatic carboxylic acids is 1. The lowest BCUT2D eigenvalue weighted by molar-refractivity contribution is -0.138. The molecule has 0 unspecified atom stereocenters. The van der Waals surface area contributed by atoms with E-state index in [0.717, 1.165) is 67.2 Å². The highest BCUT2D eigenvalue weighted by molar-refractivity contribution is 9.10. The maximum Gasteiger partial charge on any atom is 0.490 e. The molecule has 3 saturated heterocycles. The van der Waals surface area contributed by atoms with Crippen molar-refractivity contribution < 1.29 is 86.2 Å². The summed E-state index contributed by atoms with van der Waals surface area (Å²) in [4.78, 5) is 76.9. The number of nitrogens with one attached hydrogen (secondary N) is 1. The lowest BCUT2D eigenvalue weighted by Gasteiger charge is -2.32. The largest absolute Gasteiger partial charge is 0.490 e. The van der Waals surface area contributed by atoms with E-state index < -0.39 is 66.7 Å². The number of alkyl halides is 6. The van der Waals surface area contributed by atoms with Crippen LogP contribution in [0.4, 0.5) is 35.9 Å². The van der Waals surface area contributed by atoms with Crippen molar-refractivity contribution >= 4 is 115 Å². The molecule has 0 radical (unpaired) electrons. The third-order valence-corrected chi connectivity index (χ3v) is 25.1. The molecule has 622 valence electrons. The summed E-state index contributed by atoms with van der Waals surface area (Å²) in [5.74, 6) is -1.40. The van der Waals surface area contributed by atoms with Crippen LogP contribution in [0.1, 0.15) is 172 Å². The van der Waals surface area contributed by atoms with Gasteiger partial charge in [-0.1, -0.05) is 36.4 Å². The van der Waals surface area contributed by atoms with E-state index in [-0.39, 0.29) is 70.0 Å². The molecule has 2 aromatic carbocycles. The van der Waals surface area contributed by atoms with Crippen LogP contribution in [0.2, 0.25) is 0 Å². The second-order valence-corrected chi connectivity index (χ2v) is 37.6. The first-order valence-corrected chi connectivity index (χ1v) is 43.2. The van der Waals surface area contributed by atoms with E-state index >= 15 is 0 Å². The van der Waals surface area contributed by atoms with Crippen molar-refractivity contribution in [3.05, 3.63) is 182 Å². The fourth-order valence-electron chi connectivity index (χ4n) is 12.1. The van der Waals surface area contributed by atoms with Gasteiger partial charge in [0.25, 0.3) is 0 Å². The van der Waals surface area contributed by atoms with Crippen LogP contribution >= 0.6 is 38.6 Å². The smallest absolute Gasteiger partial charge is 0.481 e. The molecule has 0 saturated carbocycles. The number of aryl methyl sites for hydroxylation is 2. The van der Waals surface area contributed by atoms with Crippen molar-refractivity contribution in [2.24, 2.45) is 0 Å². The van der Waals surface area contributed by atoms with Crippen molar-refractivity contribution in [2.45, 2.75) is 191 Å². The molecule has 0 spiro atoms. The fraction of sp³-hybridized carbons (Fsp3) is 0.475. The van der Waals surface area contributed by atoms with Gasteiger partial charge in [0.15, 0.2) is 19.7 Å². The van der Waals surface area contributed by atoms with Crippen LogP contribution in [-0.4, -0.2) is 184 Å². The normalized spacial score (nSPS) is 16.8. The van der Waals surface area contributed by atoms with E-state index in [2.05, 4.69) is 82.3 Å². The van der Waals surface area contributed by atoms with E-state index in [9.17, 15) is 62.4 Å². The molecule has 3 fully saturated rings. The minimum absolute atomic E-state index is 0.0333. The van der Waals surface area contributed by atoms with Crippen LogP contribution in [0.5, 0.6) is 0 Å². The van der Waals surface area contributed by atoms with E-state index in [1.54, 1.807) is 50.0 Å². The number of thiazole rings is 2. The number of sulfone groups is 2. The molecule has 5 aliphatic heterocycles. The molecule has 2 N–H and O–H groups in total. The first-order chi connectivity index (χ1) is 53.8. The third-order valence-electron chi connectivity index (χ3n) is 19.2. The second-order valence-electron chi connectivity index (χ2n) is 30.9. The summed E-state index contributed by atoms with van der Waals surface area (Å²) in [6.45, 7) is 29.1. The van der Waals surface area contributed by atoms with E-state index in [0.29, 0.717) is 88.8 Å². The van der Waals surface area contributed by atoms with Gasteiger partial charge in [0.1, 0.15) is 15.8 Å². The number of carboxylic acid groups (broad SMARTS) is 1. The Hall–Kier alpha value is -8.32. The molecule has 5 aliphatic rings. The highest BCUT2D eigenvalue weighted by Crippen LogP contribution is 2.40. The monoisotopic (exact) mass is 1740 g/mol. The number of aromatic nitrogens is 6. The van der Waals surface area contributed by atoms with Gasteiger partial charge in [-0.25, -0.2) is 41.4 Å². The number of halogens is 7. The van der Waals surface area contributed by atoms with Crippen molar-refractivity contribution in [2.75, 3.05) is 63.9 Å².